The van der Waals surface area contributed by atoms with Crippen LogP contribution in [0.2, 0.25) is 0 Å². The average molecular weight is 330 g/mol. The zero-order valence-corrected chi connectivity index (χ0v) is 14.4. The molecular formula is C18H22N2O4. The van der Waals surface area contributed by atoms with Gasteiger partial charge in [-0.05, 0) is 39.8 Å². The lowest BCUT2D eigenvalue weighted by molar-refractivity contribution is -0.139. The van der Waals surface area contributed by atoms with Gasteiger partial charge in [-0.15, -0.1) is 0 Å². The normalized spacial score (nSPS) is 14.4. The second-order valence-electron chi connectivity index (χ2n) is 5.18. The van der Waals surface area contributed by atoms with Gasteiger partial charge in [0.05, 0.1) is 13.2 Å². The van der Waals surface area contributed by atoms with E-state index < -0.39 is 11.9 Å². The molecule has 1 aromatic carbocycles. The second-order valence-corrected chi connectivity index (χ2v) is 5.18. The first kappa shape index (κ1) is 17.6. The molecule has 1 heterocycles. The molecule has 0 unspecified atom stereocenters. The Morgan fingerprint density at radius 1 is 0.917 bits per heavy atom. The van der Waals surface area contributed by atoms with E-state index in [9.17, 15) is 9.59 Å². The zero-order chi connectivity index (χ0) is 17.7. The number of carbonyl (C=O) groups is 2. The van der Waals surface area contributed by atoms with Gasteiger partial charge in [-0.25, -0.2) is 9.59 Å². The van der Waals surface area contributed by atoms with E-state index in [2.05, 4.69) is 5.32 Å². The molecule has 0 spiro atoms. The number of benzene rings is 1. The second kappa shape index (κ2) is 7.68. The average Bonchev–Trinajstić information content (AvgIpc) is 2.55. The van der Waals surface area contributed by atoms with Crippen LogP contribution in [0, 0.1) is 0 Å². The summed E-state index contributed by atoms with van der Waals surface area (Å²) in [4.78, 5) is 26.6. The van der Waals surface area contributed by atoms with Gasteiger partial charge in [0.15, 0.2) is 11.4 Å². The van der Waals surface area contributed by atoms with Crippen LogP contribution in [-0.2, 0) is 19.1 Å². The van der Waals surface area contributed by atoms with E-state index in [-0.39, 0.29) is 24.6 Å². The number of nitrogens with one attached hydrogen (secondary N) is 1. The van der Waals surface area contributed by atoms with Gasteiger partial charge in [-0.1, -0.05) is 18.2 Å². The summed E-state index contributed by atoms with van der Waals surface area (Å²) >= 11 is 0. The largest absolute Gasteiger partial charge is 0.461 e. The van der Waals surface area contributed by atoms with Crippen LogP contribution in [-0.4, -0.2) is 25.2 Å². The SMILES string of the molecule is CCOC(=O)C1=C(C)NC(C)=C(C(=O)OCC)N1c1ccccc1. The number of anilines is 1. The van der Waals surface area contributed by atoms with Crippen molar-refractivity contribution in [2.24, 2.45) is 0 Å². The van der Waals surface area contributed by atoms with Crippen LogP contribution in [0.5, 0.6) is 0 Å². The summed E-state index contributed by atoms with van der Waals surface area (Å²) in [5, 5.41) is 3.07. The maximum absolute atomic E-state index is 12.5. The fourth-order valence-electron chi connectivity index (χ4n) is 2.57. The summed E-state index contributed by atoms with van der Waals surface area (Å²) in [6.45, 7) is 7.51. The number of hydrogen-bond donors (Lipinski definition) is 1. The van der Waals surface area contributed by atoms with Crippen molar-refractivity contribution in [1.29, 1.82) is 0 Å². The molecular weight excluding hydrogens is 308 g/mol. The molecule has 2 rings (SSSR count). The van der Waals surface area contributed by atoms with E-state index in [0.29, 0.717) is 17.1 Å². The first-order chi connectivity index (χ1) is 11.5. The van der Waals surface area contributed by atoms with Crippen molar-refractivity contribution in [3.63, 3.8) is 0 Å². The van der Waals surface area contributed by atoms with Crippen LogP contribution in [0.15, 0.2) is 53.1 Å². The number of esters is 2. The van der Waals surface area contributed by atoms with Gasteiger partial charge in [-0.3, -0.25) is 4.90 Å². The molecule has 1 aliphatic heterocycles. The van der Waals surface area contributed by atoms with Crippen molar-refractivity contribution in [2.75, 3.05) is 18.1 Å². The Hall–Kier alpha value is -2.76. The van der Waals surface area contributed by atoms with Gasteiger partial charge in [-0.2, -0.15) is 0 Å². The predicted molar refractivity (Wildman–Crippen MR) is 90.7 cm³/mol. The first-order valence-corrected chi connectivity index (χ1v) is 7.89. The van der Waals surface area contributed by atoms with Crippen molar-refractivity contribution in [3.05, 3.63) is 53.1 Å². The highest BCUT2D eigenvalue weighted by molar-refractivity contribution is 6.03. The standard InChI is InChI=1S/C18H22N2O4/c1-5-23-17(21)15-12(3)19-13(4)16(18(22)24-6-2)20(15)14-10-8-7-9-11-14/h7-11,19H,5-6H2,1-4H3. The summed E-state index contributed by atoms with van der Waals surface area (Å²) in [5.41, 5.74) is 2.46. The molecule has 0 fully saturated rings. The summed E-state index contributed by atoms with van der Waals surface area (Å²) in [5.74, 6) is -0.999. The third-order valence-electron chi connectivity index (χ3n) is 3.48. The molecule has 1 N–H and O–H groups in total. The number of rotatable bonds is 5. The summed E-state index contributed by atoms with van der Waals surface area (Å²) in [7, 11) is 0. The fraction of sp³-hybridized carbons (Fsp3) is 0.333. The van der Waals surface area contributed by atoms with Crippen LogP contribution in [0.3, 0.4) is 0 Å². The van der Waals surface area contributed by atoms with Crippen molar-refractivity contribution in [2.45, 2.75) is 27.7 Å². The third-order valence-corrected chi connectivity index (χ3v) is 3.48. The molecule has 0 saturated heterocycles. The summed E-state index contributed by atoms with van der Waals surface area (Å²) in [6, 6.07) is 9.20. The highest BCUT2D eigenvalue weighted by atomic mass is 16.5. The Morgan fingerprint density at radius 2 is 1.38 bits per heavy atom. The van der Waals surface area contributed by atoms with Crippen LogP contribution < -0.4 is 10.2 Å². The van der Waals surface area contributed by atoms with Gasteiger partial charge in [0.2, 0.25) is 0 Å². The topological polar surface area (TPSA) is 67.9 Å². The zero-order valence-electron chi connectivity index (χ0n) is 14.4. The quantitative estimate of drug-likeness (QED) is 0.837. The monoisotopic (exact) mass is 330 g/mol. The van der Waals surface area contributed by atoms with Gasteiger partial charge in [0.1, 0.15) is 0 Å². The number of hydrogen-bond acceptors (Lipinski definition) is 6. The molecule has 0 amide bonds. The van der Waals surface area contributed by atoms with E-state index in [1.54, 1.807) is 32.6 Å². The molecule has 1 aliphatic rings. The van der Waals surface area contributed by atoms with E-state index in [1.165, 1.54) is 0 Å². The Kier molecular flexibility index (Phi) is 5.63. The van der Waals surface area contributed by atoms with E-state index in [1.807, 2.05) is 30.3 Å². The number of carbonyl (C=O) groups excluding carboxylic acids is 2. The molecule has 0 radical (unpaired) electrons. The van der Waals surface area contributed by atoms with E-state index in [0.717, 1.165) is 0 Å². The highest BCUT2D eigenvalue weighted by Gasteiger charge is 2.35. The lowest BCUT2D eigenvalue weighted by Gasteiger charge is -2.34. The molecule has 6 nitrogen and oxygen atoms in total. The van der Waals surface area contributed by atoms with Crippen LogP contribution >= 0.6 is 0 Å². The van der Waals surface area contributed by atoms with Crippen molar-refractivity contribution in [3.8, 4) is 0 Å². The van der Waals surface area contributed by atoms with Crippen LogP contribution in [0.4, 0.5) is 5.69 Å². The van der Waals surface area contributed by atoms with Crippen molar-refractivity contribution in [1.82, 2.24) is 5.32 Å². The van der Waals surface area contributed by atoms with Crippen LogP contribution in [0.25, 0.3) is 0 Å². The Labute approximate surface area is 141 Å². The molecule has 0 atom stereocenters. The van der Waals surface area contributed by atoms with Gasteiger partial charge in [0, 0.05) is 17.1 Å². The van der Waals surface area contributed by atoms with Gasteiger partial charge in [0.25, 0.3) is 0 Å². The first-order valence-electron chi connectivity index (χ1n) is 7.89. The number of para-hydroxylation sites is 1. The van der Waals surface area contributed by atoms with Crippen molar-refractivity contribution < 1.29 is 19.1 Å². The third kappa shape index (κ3) is 3.42. The minimum Gasteiger partial charge on any atom is -0.461 e. The molecule has 128 valence electrons. The minimum absolute atomic E-state index is 0.246. The number of allylic oxidation sites excluding steroid dienone is 2. The number of ether oxygens (including phenoxy) is 2. The maximum atomic E-state index is 12.5. The van der Waals surface area contributed by atoms with Crippen molar-refractivity contribution >= 4 is 17.6 Å². The van der Waals surface area contributed by atoms with Gasteiger partial charge < -0.3 is 14.8 Å². The molecule has 0 aromatic heterocycles. The summed E-state index contributed by atoms with van der Waals surface area (Å²) in [6.07, 6.45) is 0. The highest BCUT2D eigenvalue weighted by Crippen LogP contribution is 2.31. The molecule has 1 aromatic rings. The smallest absolute Gasteiger partial charge is 0.357 e. The van der Waals surface area contributed by atoms with Gasteiger partial charge >= 0.3 is 11.9 Å². The molecule has 0 bridgehead atoms. The lowest BCUT2D eigenvalue weighted by Crippen LogP contribution is -2.41. The van der Waals surface area contributed by atoms with E-state index in [4.69, 9.17) is 9.47 Å². The fourth-order valence-corrected chi connectivity index (χ4v) is 2.57. The Balaban J connectivity index is 2.59. The Morgan fingerprint density at radius 3 is 1.79 bits per heavy atom. The summed E-state index contributed by atoms with van der Waals surface area (Å²) < 4.78 is 10.3. The molecule has 6 heteroatoms. The number of nitrogens with zero attached hydrogens (tertiary/aromatic N) is 1. The molecule has 24 heavy (non-hydrogen) atoms. The minimum atomic E-state index is -0.499. The lowest BCUT2D eigenvalue weighted by atomic mass is 10.1. The van der Waals surface area contributed by atoms with Crippen LogP contribution in [0.1, 0.15) is 27.7 Å². The van der Waals surface area contributed by atoms with E-state index >= 15 is 0 Å². The molecule has 0 aliphatic carbocycles. The maximum Gasteiger partial charge on any atom is 0.357 e. The Bertz CT molecular complexity index is 652. The molecule has 0 saturated carbocycles. The predicted octanol–water partition coefficient (Wildman–Crippen LogP) is 2.69.